The van der Waals surface area contributed by atoms with Crippen LogP contribution in [0, 0.1) is 5.82 Å². The van der Waals surface area contributed by atoms with Gasteiger partial charge in [0.25, 0.3) is 5.56 Å². The maximum Gasteiger partial charge on any atom is 0.251 e. The van der Waals surface area contributed by atoms with E-state index in [1.54, 1.807) is 19.2 Å². The number of thioether (sulfide) groups is 1. The number of hydrogen-bond donors (Lipinski definition) is 1. The van der Waals surface area contributed by atoms with Gasteiger partial charge in [0.2, 0.25) is 5.91 Å². The van der Waals surface area contributed by atoms with Gasteiger partial charge in [0.15, 0.2) is 0 Å². The number of halogens is 3. The summed E-state index contributed by atoms with van der Waals surface area (Å²) in [6.45, 7) is 0. The van der Waals surface area contributed by atoms with E-state index in [1.165, 1.54) is 34.5 Å². The number of fused-ring (bicyclic) bond motifs is 1. The number of aryl methyl sites for hydroxylation is 1. The zero-order valence-corrected chi connectivity index (χ0v) is 15.9. The molecule has 2 aromatic carbocycles. The molecule has 0 spiro atoms. The van der Waals surface area contributed by atoms with Crippen LogP contribution in [0.15, 0.2) is 52.2 Å². The molecule has 1 heterocycles. The van der Waals surface area contributed by atoms with Gasteiger partial charge in [-0.05, 0) is 30.3 Å². The van der Waals surface area contributed by atoms with Crippen molar-refractivity contribution in [2.45, 2.75) is 4.90 Å². The summed E-state index contributed by atoms with van der Waals surface area (Å²) >= 11 is 13.1. The van der Waals surface area contributed by atoms with Gasteiger partial charge in [-0.1, -0.05) is 29.3 Å². The number of carbonyl (C=O) groups excluding carboxylic acids is 1. The average Bonchev–Trinajstić information content (AvgIpc) is 2.59. The van der Waals surface area contributed by atoms with Crippen molar-refractivity contribution in [3.63, 3.8) is 0 Å². The SMILES string of the molecule is Cn1c(=O)cc(SCC(=O)Nc2ccc(F)cc2Cl)c2ccc(Cl)cc21. The number of rotatable bonds is 4. The smallest absolute Gasteiger partial charge is 0.251 e. The van der Waals surface area contributed by atoms with Gasteiger partial charge in [0.05, 0.1) is 22.0 Å². The first kappa shape index (κ1) is 18.8. The summed E-state index contributed by atoms with van der Waals surface area (Å²) in [4.78, 5) is 25.0. The number of benzene rings is 2. The summed E-state index contributed by atoms with van der Waals surface area (Å²) in [5.74, 6) is -0.725. The Morgan fingerprint density at radius 3 is 2.69 bits per heavy atom. The van der Waals surface area contributed by atoms with Crippen LogP contribution in [0.1, 0.15) is 0 Å². The van der Waals surface area contributed by atoms with Gasteiger partial charge in [-0.2, -0.15) is 0 Å². The molecule has 3 aromatic rings. The molecular weight excluding hydrogens is 398 g/mol. The van der Waals surface area contributed by atoms with Crippen molar-refractivity contribution in [3.8, 4) is 0 Å². The van der Waals surface area contributed by atoms with Crippen LogP contribution in [-0.4, -0.2) is 16.2 Å². The molecule has 0 saturated carbocycles. The van der Waals surface area contributed by atoms with Crippen LogP contribution in [0.25, 0.3) is 10.9 Å². The van der Waals surface area contributed by atoms with Crippen LogP contribution in [0.3, 0.4) is 0 Å². The number of amides is 1. The monoisotopic (exact) mass is 410 g/mol. The Kier molecular flexibility index (Phi) is 5.55. The molecule has 8 heteroatoms. The van der Waals surface area contributed by atoms with Gasteiger partial charge in [-0.15, -0.1) is 11.8 Å². The van der Waals surface area contributed by atoms with Crippen molar-refractivity contribution in [3.05, 3.63) is 68.7 Å². The van der Waals surface area contributed by atoms with Gasteiger partial charge in [-0.3, -0.25) is 9.59 Å². The quantitative estimate of drug-likeness (QED) is 0.633. The Bertz CT molecular complexity index is 1070. The number of nitrogens with zero attached hydrogens (tertiary/aromatic N) is 1. The van der Waals surface area contributed by atoms with Gasteiger partial charge in [0, 0.05) is 28.4 Å². The maximum atomic E-state index is 13.1. The summed E-state index contributed by atoms with van der Waals surface area (Å²) in [5, 5.41) is 4.10. The van der Waals surface area contributed by atoms with E-state index in [0.29, 0.717) is 21.1 Å². The lowest BCUT2D eigenvalue weighted by atomic mass is 10.2. The molecule has 0 aliphatic carbocycles. The standard InChI is InChI=1S/C18H13Cl2FN2O2S/c1-23-15-6-10(19)2-4-12(15)16(8-18(23)25)26-9-17(24)22-14-5-3-11(21)7-13(14)20/h2-8H,9H2,1H3,(H,22,24). The minimum absolute atomic E-state index is 0.0681. The Morgan fingerprint density at radius 2 is 1.96 bits per heavy atom. The Labute approximate surface area is 162 Å². The van der Waals surface area contributed by atoms with Crippen molar-refractivity contribution < 1.29 is 9.18 Å². The molecule has 0 radical (unpaired) electrons. The van der Waals surface area contributed by atoms with Crippen LogP contribution in [0.4, 0.5) is 10.1 Å². The fourth-order valence-electron chi connectivity index (χ4n) is 2.44. The summed E-state index contributed by atoms with van der Waals surface area (Å²) < 4.78 is 14.6. The lowest BCUT2D eigenvalue weighted by Gasteiger charge is -2.11. The molecular formula is C18H13Cl2FN2O2S. The average molecular weight is 411 g/mol. The second-order valence-electron chi connectivity index (χ2n) is 5.53. The zero-order chi connectivity index (χ0) is 18.8. The Hall–Kier alpha value is -2.02. The van der Waals surface area contributed by atoms with Crippen LogP contribution >= 0.6 is 35.0 Å². The molecule has 26 heavy (non-hydrogen) atoms. The highest BCUT2D eigenvalue weighted by atomic mass is 35.5. The summed E-state index contributed by atoms with van der Waals surface area (Å²) in [5.41, 5.74) is 0.832. The number of carbonyl (C=O) groups is 1. The van der Waals surface area contributed by atoms with E-state index in [1.807, 2.05) is 6.07 Å². The Balaban J connectivity index is 1.80. The van der Waals surface area contributed by atoms with Crippen molar-refractivity contribution in [2.24, 2.45) is 7.05 Å². The third kappa shape index (κ3) is 4.03. The molecule has 0 bridgehead atoms. The molecule has 0 aliphatic heterocycles. The highest BCUT2D eigenvalue weighted by Gasteiger charge is 2.11. The van der Waals surface area contributed by atoms with Crippen molar-refractivity contribution in [1.29, 1.82) is 0 Å². The third-order valence-electron chi connectivity index (χ3n) is 3.74. The first-order valence-electron chi connectivity index (χ1n) is 7.52. The van der Waals surface area contributed by atoms with Gasteiger partial charge in [0.1, 0.15) is 5.82 Å². The van der Waals surface area contributed by atoms with E-state index in [9.17, 15) is 14.0 Å². The van der Waals surface area contributed by atoms with Crippen LogP contribution < -0.4 is 10.9 Å². The fraction of sp³-hybridized carbons (Fsp3) is 0.111. The maximum absolute atomic E-state index is 13.1. The first-order valence-corrected chi connectivity index (χ1v) is 9.26. The minimum Gasteiger partial charge on any atom is -0.324 e. The topological polar surface area (TPSA) is 51.1 Å². The van der Waals surface area contributed by atoms with Crippen LogP contribution in [0.2, 0.25) is 10.0 Å². The normalized spacial score (nSPS) is 10.9. The molecule has 0 unspecified atom stereocenters. The van der Waals surface area contributed by atoms with E-state index in [0.717, 1.165) is 11.5 Å². The first-order chi connectivity index (χ1) is 12.3. The summed E-state index contributed by atoms with van der Waals surface area (Å²) in [6, 6.07) is 10.5. The van der Waals surface area contributed by atoms with E-state index in [4.69, 9.17) is 23.2 Å². The second-order valence-corrected chi connectivity index (χ2v) is 7.39. The molecule has 3 rings (SSSR count). The summed E-state index contributed by atoms with van der Waals surface area (Å²) in [6.07, 6.45) is 0. The number of anilines is 1. The molecule has 0 saturated heterocycles. The molecule has 0 aliphatic rings. The van der Waals surface area contributed by atoms with Gasteiger partial charge >= 0.3 is 0 Å². The number of pyridine rings is 1. The molecule has 0 fully saturated rings. The van der Waals surface area contributed by atoms with E-state index in [2.05, 4.69) is 5.32 Å². The Morgan fingerprint density at radius 1 is 1.19 bits per heavy atom. The zero-order valence-electron chi connectivity index (χ0n) is 13.6. The van der Waals surface area contributed by atoms with Crippen molar-refractivity contribution in [1.82, 2.24) is 4.57 Å². The van der Waals surface area contributed by atoms with Gasteiger partial charge < -0.3 is 9.88 Å². The largest absolute Gasteiger partial charge is 0.324 e. The predicted octanol–water partition coefficient (Wildman–Crippen LogP) is 4.72. The molecule has 1 N–H and O–H groups in total. The lowest BCUT2D eigenvalue weighted by Crippen LogP contribution is -2.17. The van der Waals surface area contributed by atoms with Gasteiger partial charge in [-0.25, -0.2) is 4.39 Å². The number of aromatic nitrogens is 1. The second kappa shape index (κ2) is 7.70. The minimum atomic E-state index is -0.479. The molecule has 1 aromatic heterocycles. The van der Waals surface area contributed by atoms with Crippen LogP contribution in [0.5, 0.6) is 0 Å². The highest BCUT2D eigenvalue weighted by molar-refractivity contribution is 8.00. The third-order valence-corrected chi connectivity index (χ3v) is 5.34. The molecule has 0 atom stereocenters. The molecule has 1 amide bonds. The van der Waals surface area contributed by atoms with E-state index >= 15 is 0 Å². The van der Waals surface area contributed by atoms with Crippen molar-refractivity contribution >= 4 is 57.5 Å². The predicted molar refractivity (Wildman–Crippen MR) is 105 cm³/mol. The van der Waals surface area contributed by atoms with Crippen LogP contribution in [-0.2, 0) is 11.8 Å². The lowest BCUT2D eigenvalue weighted by molar-refractivity contribution is -0.113. The fourth-order valence-corrected chi connectivity index (χ4v) is 3.69. The van der Waals surface area contributed by atoms with Crippen molar-refractivity contribution in [2.75, 3.05) is 11.1 Å². The molecule has 4 nitrogen and oxygen atoms in total. The van der Waals surface area contributed by atoms with E-state index in [-0.39, 0.29) is 22.2 Å². The highest BCUT2D eigenvalue weighted by Crippen LogP contribution is 2.29. The number of hydrogen-bond acceptors (Lipinski definition) is 3. The van der Waals surface area contributed by atoms with E-state index < -0.39 is 5.82 Å². The molecule has 134 valence electrons. The summed E-state index contributed by atoms with van der Waals surface area (Å²) in [7, 11) is 1.67. The number of nitrogens with one attached hydrogen (secondary N) is 1.